The highest BCUT2D eigenvalue weighted by Gasteiger charge is 2.17. The molecule has 0 bridgehead atoms. The quantitative estimate of drug-likeness (QED) is 0.0567. The lowest BCUT2D eigenvalue weighted by molar-refractivity contribution is -0.139. The molecule has 1 saturated heterocycles. The first kappa shape index (κ1) is 38.1. The lowest BCUT2D eigenvalue weighted by Gasteiger charge is -2.22. The van der Waals surface area contributed by atoms with Gasteiger partial charge in [-0.05, 0) is 25.9 Å². The molecule has 0 saturated carbocycles. The van der Waals surface area contributed by atoms with E-state index < -0.39 is 11.8 Å². The van der Waals surface area contributed by atoms with Crippen molar-refractivity contribution in [3.63, 3.8) is 0 Å². The molecule has 0 radical (unpaired) electrons. The first-order valence-corrected chi connectivity index (χ1v) is 15.5. The molecule has 0 aliphatic carbocycles. The SMILES string of the molecule is O=C(OCCOCCOCCOCCOCCOCCOCCOCCOCCOC1CCNCC1)C(=O)c1ccccc1. The number of hydrogen-bond donors (Lipinski definition) is 1. The van der Waals surface area contributed by atoms with Gasteiger partial charge < -0.3 is 52.7 Å². The minimum Gasteiger partial charge on any atom is -0.457 e. The van der Waals surface area contributed by atoms with Gasteiger partial charge in [0, 0.05) is 5.56 Å². The fourth-order valence-corrected chi connectivity index (χ4v) is 3.84. The van der Waals surface area contributed by atoms with E-state index in [1.54, 1.807) is 30.3 Å². The fraction of sp³-hybridized carbons (Fsp3) is 0.742. The summed E-state index contributed by atoms with van der Waals surface area (Å²) in [6.45, 7) is 10.1. The van der Waals surface area contributed by atoms with Crippen molar-refractivity contribution in [3.8, 4) is 0 Å². The summed E-state index contributed by atoms with van der Waals surface area (Å²) in [7, 11) is 0. The van der Waals surface area contributed by atoms with Crippen molar-refractivity contribution in [2.24, 2.45) is 0 Å². The maximum Gasteiger partial charge on any atom is 0.379 e. The number of esters is 1. The van der Waals surface area contributed by atoms with Crippen molar-refractivity contribution in [2.45, 2.75) is 18.9 Å². The molecule has 1 aromatic carbocycles. The smallest absolute Gasteiger partial charge is 0.379 e. The first-order chi connectivity index (χ1) is 21.8. The number of carbonyl (C=O) groups is 2. The third-order valence-corrected chi connectivity index (χ3v) is 6.15. The summed E-state index contributed by atoms with van der Waals surface area (Å²) in [5.41, 5.74) is 0.298. The van der Waals surface area contributed by atoms with Gasteiger partial charge in [0.25, 0.3) is 5.78 Å². The predicted molar refractivity (Wildman–Crippen MR) is 160 cm³/mol. The summed E-state index contributed by atoms with van der Waals surface area (Å²) in [6.07, 6.45) is 2.51. The molecule has 44 heavy (non-hydrogen) atoms. The van der Waals surface area contributed by atoms with Crippen LogP contribution < -0.4 is 5.32 Å². The molecule has 1 aliphatic heterocycles. The van der Waals surface area contributed by atoms with Crippen LogP contribution in [0.3, 0.4) is 0 Å². The normalized spacial score (nSPS) is 13.7. The molecule has 2 rings (SSSR count). The van der Waals surface area contributed by atoms with E-state index in [2.05, 4.69) is 5.32 Å². The zero-order valence-corrected chi connectivity index (χ0v) is 25.9. The Bertz CT molecular complexity index is 810. The maximum atomic E-state index is 11.9. The molecule has 1 fully saturated rings. The van der Waals surface area contributed by atoms with E-state index in [1.807, 2.05) is 0 Å². The van der Waals surface area contributed by atoms with Gasteiger partial charge in [0.2, 0.25) is 0 Å². The van der Waals surface area contributed by atoms with Crippen molar-refractivity contribution in [1.82, 2.24) is 5.32 Å². The number of carbonyl (C=O) groups excluding carboxylic acids is 2. The van der Waals surface area contributed by atoms with Crippen molar-refractivity contribution in [2.75, 3.05) is 132 Å². The van der Waals surface area contributed by atoms with E-state index in [1.165, 1.54) is 0 Å². The summed E-state index contributed by atoms with van der Waals surface area (Å²) < 4.78 is 54.3. The molecule has 13 nitrogen and oxygen atoms in total. The Morgan fingerprint density at radius 2 is 0.886 bits per heavy atom. The monoisotopic (exact) mass is 629 g/mol. The van der Waals surface area contributed by atoms with Gasteiger partial charge in [0.1, 0.15) is 6.61 Å². The second-order valence-electron chi connectivity index (χ2n) is 9.55. The van der Waals surface area contributed by atoms with Crippen LogP contribution in [0.4, 0.5) is 0 Å². The number of benzene rings is 1. The molecular weight excluding hydrogens is 578 g/mol. The van der Waals surface area contributed by atoms with E-state index >= 15 is 0 Å². The van der Waals surface area contributed by atoms with Crippen molar-refractivity contribution >= 4 is 11.8 Å². The Labute approximate surface area is 261 Å². The Morgan fingerprint density at radius 1 is 0.523 bits per heavy atom. The van der Waals surface area contributed by atoms with Crippen LogP contribution in [0.1, 0.15) is 23.2 Å². The largest absolute Gasteiger partial charge is 0.457 e. The second kappa shape index (κ2) is 28.4. The summed E-state index contributed by atoms with van der Waals surface area (Å²) >= 11 is 0. The van der Waals surface area contributed by atoms with E-state index in [0.717, 1.165) is 25.9 Å². The van der Waals surface area contributed by atoms with Gasteiger partial charge >= 0.3 is 5.97 Å². The number of ketones is 1. The summed E-state index contributed by atoms with van der Waals surface area (Å²) in [4.78, 5) is 23.6. The first-order valence-electron chi connectivity index (χ1n) is 15.5. The molecule has 0 unspecified atom stereocenters. The van der Waals surface area contributed by atoms with Crippen LogP contribution >= 0.6 is 0 Å². The Kier molecular flexibility index (Phi) is 24.7. The zero-order chi connectivity index (χ0) is 31.2. The van der Waals surface area contributed by atoms with Crippen LogP contribution in [-0.2, 0) is 52.2 Å². The standard InChI is InChI=1S/C31H51NO12/c33-30(28-4-2-1-3-5-28)31(34)44-27-25-42-23-21-40-19-17-38-15-13-36-11-10-35-12-14-37-16-18-39-20-22-41-24-26-43-29-6-8-32-9-7-29/h1-5,29,32H,6-27H2. The minimum atomic E-state index is -0.894. The summed E-state index contributed by atoms with van der Waals surface area (Å²) in [6, 6.07) is 8.27. The average molecular weight is 630 g/mol. The van der Waals surface area contributed by atoms with E-state index in [4.69, 9.17) is 47.4 Å². The van der Waals surface area contributed by atoms with Crippen molar-refractivity contribution < 1.29 is 57.0 Å². The van der Waals surface area contributed by atoms with E-state index in [0.29, 0.717) is 117 Å². The number of hydrogen-bond acceptors (Lipinski definition) is 13. The molecular formula is C31H51NO12. The average Bonchev–Trinajstić information content (AvgIpc) is 3.06. The van der Waals surface area contributed by atoms with Gasteiger partial charge in [-0.2, -0.15) is 0 Å². The Morgan fingerprint density at radius 3 is 1.30 bits per heavy atom. The molecule has 1 heterocycles. The highest BCUT2D eigenvalue weighted by Crippen LogP contribution is 2.06. The van der Waals surface area contributed by atoms with Crippen LogP contribution in [0.15, 0.2) is 30.3 Å². The molecule has 252 valence electrons. The number of piperidine rings is 1. The van der Waals surface area contributed by atoms with Crippen molar-refractivity contribution in [3.05, 3.63) is 35.9 Å². The molecule has 1 N–H and O–H groups in total. The summed E-state index contributed by atoms with van der Waals surface area (Å²) in [5.74, 6) is -1.57. The van der Waals surface area contributed by atoms with E-state index in [9.17, 15) is 9.59 Å². The lowest BCUT2D eigenvalue weighted by Crippen LogP contribution is -2.33. The van der Waals surface area contributed by atoms with Gasteiger partial charge in [-0.1, -0.05) is 30.3 Å². The number of ether oxygens (including phenoxy) is 10. The minimum absolute atomic E-state index is 0.00165. The van der Waals surface area contributed by atoms with Crippen LogP contribution in [0, 0.1) is 0 Å². The highest BCUT2D eigenvalue weighted by molar-refractivity contribution is 6.40. The van der Waals surface area contributed by atoms with Crippen molar-refractivity contribution in [1.29, 1.82) is 0 Å². The van der Waals surface area contributed by atoms with Gasteiger partial charge in [-0.25, -0.2) is 4.79 Å². The van der Waals surface area contributed by atoms with Gasteiger partial charge in [-0.15, -0.1) is 0 Å². The van der Waals surface area contributed by atoms with Crippen LogP contribution in [0.2, 0.25) is 0 Å². The van der Waals surface area contributed by atoms with Gasteiger partial charge in [0.05, 0.1) is 118 Å². The highest BCUT2D eigenvalue weighted by atomic mass is 16.6. The molecule has 1 aromatic rings. The third-order valence-electron chi connectivity index (χ3n) is 6.15. The number of Topliss-reactive ketones (excluding diaryl/α,β-unsaturated/α-hetero) is 1. The maximum absolute atomic E-state index is 11.9. The molecule has 0 atom stereocenters. The van der Waals surface area contributed by atoms with Gasteiger partial charge in [0.15, 0.2) is 0 Å². The van der Waals surface area contributed by atoms with E-state index in [-0.39, 0.29) is 13.2 Å². The summed E-state index contributed by atoms with van der Waals surface area (Å²) in [5, 5.41) is 3.32. The molecule has 13 heteroatoms. The van der Waals surface area contributed by atoms with Crippen LogP contribution in [0.25, 0.3) is 0 Å². The Balaban J connectivity index is 1.17. The predicted octanol–water partition coefficient (Wildman–Crippen LogP) is 1.31. The van der Waals surface area contributed by atoms with Crippen LogP contribution in [-0.4, -0.2) is 150 Å². The third kappa shape index (κ3) is 21.6. The fourth-order valence-electron chi connectivity index (χ4n) is 3.84. The molecule has 1 aliphatic rings. The Hall–Kier alpha value is -2.04. The molecule has 0 aromatic heterocycles. The topological polar surface area (TPSA) is 138 Å². The number of nitrogens with one attached hydrogen (secondary N) is 1. The zero-order valence-electron chi connectivity index (χ0n) is 25.9. The molecule has 0 amide bonds. The van der Waals surface area contributed by atoms with Gasteiger partial charge in [-0.3, -0.25) is 4.79 Å². The molecule has 0 spiro atoms. The second-order valence-corrected chi connectivity index (χ2v) is 9.55. The lowest BCUT2D eigenvalue weighted by atomic mass is 10.1. The number of rotatable bonds is 30. The van der Waals surface area contributed by atoms with Crippen LogP contribution in [0.5, 0.6) is 0 Å².